The Morgan fingerprint density at radius 3 is 2.38 bits per heavy atom. The van der Waals surface area contributed by atoms with Crippen LogP contribution in [0.4, 0.5) is 0 Å². The molecule has 0 bridgehead atoms. The first kappa shape index (κ1) is 13.4. The van der Waals surface area contributed by atoms with Crippen molar-refractivity contribution in [2.75, 3.05) is 0 Å². The molecule has 3 rings (SSSR count). The summed E-state index contributed by atoms with van der Waals surface area (Å²) in [5, 5.41) is 13.0. The number of nitrogens with one attached hydrogen (secondary N) is 2. The lowest BCUT2D eigenvalue weighted by atomic mass is 9.98. The van der Waals surface area contributed by atoms with E-state index in [9.17, 15) is 5.11 Å². The lowest BCUT2D eigenvalue weighted by Gasteiger charge is -2.19. The number of nitrogens with zero attached hydrogens (tertiary/aromatic N) is 1. The highest BCUT2D eigenvalue weighted by Gasteiger charge is 2.13. The molecule has 1 unspecified atom stereocenters. The van der Waals surface area contributed by atoms with E-state index in [0.717, 1.165) is 11.3 Å². The van der Waals surface area contributed by atoms with Gasteiger partial charge in [-0.25, -0.2) is 4.98 Å². The second kappa shape index (κ2) is 6.24. The number of phenols is 1. The van der Waals surface area contributed by atoms with Gasteiger partial charge in [0, 0.05) is 18.4 Å². The summed E-state index contributed by atoms with van der Waals surface area (Å²) in [5.74, 6) is 0.277. The molecule has 21 heavy (non-hydrogen) atoms. The first-order chi connectivity index (χ1) is 10.3. The van der Waals surface area contributed by atoms with Crippen LogP contribution in [0.3, 0.4) is 0 Å². The molecular weight excluding hydrogens is 262 g/mol. The summed E-state index contributed by atoms with van der Waals surface area (Å²) in [6.07, 6.45) is 3.49. The molecule has 3 aromatic rings. The van der Waals surface area contributed by atoms with Crippen molar-refractivity contribution >= 4 is 0 Å². The molecule has 1 atom stereocenters. The SMILES string of the molecule is Oc1ccc(C(NCc2cnc[nH]2)c2ccccc2)cc1. The molecule has 0 radical (unpaired) electrons. The summed E-state index contributed by atoms with van der Waals surface area (Å²) in [5.41, 5.74) is 3.33. The van der Waals surface area contributed by atoms with Gasteiger partial charge in [-0.05, 0) is 23.3 Å². The van der Waals surface area contributed by atoms with Crippen molar-refractivity contribution in [3.05, 3.63) is 83.9 Å². The number of phenolic OH excluding ortho intramolecular Hbond substituents is 1. The minimum absolute atomic E-state index is 0.0649. The fourth-order valence-electron chi connectivity index (χ4n) is 2.33. The second-order valence-corrected chi connectivity index (χ2v) is 4.89. The van der Waals surface area contributed by atoms with Crippen molar-refractivity contribution in [3.8, 4) is 5.75 Å². The Balaban J connectivity index is 1.85. The normalized spacial score (nSPS) is 12.2. The number of hydrogen-bond donors (Lipinski definition) is 3. The number of imidazole rings is 1. The standard InChI is InChI=1S/C17H17N3O/c21-16-8-6-14(7-9-16)17(13-4-2-1-3-5-13)19-11-15-10-18-12-20-15/h1-10,12,17,19,21H,11H2,(H,18,20). The smallest absolute Gasteiger partial charge is 0.115 e. The zero-order valence-corrected chi connectivity index (χ0v) is 11.5. The summed E-state index contributed by atoms with van der Waals surface area (Å²) >= 11 is 0. The monoisotopic (exact) mass is 279 g/mol. The first-order valence-corrected chi connectivity index (χ1v) is 6.87. The van der Waals surface area contributed by atoms with Crippen LogP contribution in [0.25, 0.3) is 0 Å². The maximum absolute atomic E-state index is 9.46. The number of hydrogen-bond acceptors (Lipinski definition) is 3. The lowest BCUT2D eigenvalue weighted by Crippen LogP contribution is -2.22. The highest BCUT2D eigenvalue weighted by molar-refractivity contribution is 5.35. The number of rotatable bonds is 5. The molecule has 2 aromatic carbocycles. The van der Waals surface area contributed by atoms with Gasteiger partial charge >= 0.3 is 0 Å². The highest BCUT2D eigenvalue weighted by atomic mass is 16.3. The van der Waals surface area contributed by atoms with Crippen LogP contribution in [0.5, 0.6) is 5.75 Å². The van der Waals surface area contributed by atoms with Crippen molar-refractivity contribution in [1.82, 2.24) is 15.3 Å². The Kier molecular flexibility index (Phi) is 3.98. The Bertz CT molecular complexity index is 663. The molecule has 1 heterocycles. The third-order valence-corrected chi connectivity index (χ3v) is 3.41. The average molecular weight is 279 g/mol. The number of H-pyrrole nitrogens is 1. The molecule has 0 fully saturated rings. The topological polar surface area (TPSA) is 60.9 Å². The fraction of sp³-hybridized carbons (Fsp3) is 0.118. The largest absolute Gasteiger partial charge is 0.508 e. The zero-order valence-electron chi connectivity index (χ0n) is 11.5. The lowest BCUT2D eigenvalue weighted by molar-refractivity contribution is 0.474. The van der Waals surface area contributed by atoms with Crippen molar-refractivity contribution in [2.45, 2.75) is 12.6 Å². The third kappa shape index (κ3) is 3.30. The van der Waals surface area contributed by atoms with Gasteiger partial charge < -0.3 is 15.4 Å². The van der Waals surface area contributed by atoms with Gasteiger partial charge in [0.05, 0.1) is 12.4 Å². The summed E-state index contributed by atoms with van der Waals surface area (Å²) in [6.45, 7) is 0.695. The maximum Gasteiger partial charge on any atom is 0.115 e. The molecule has 0 amide bonds. The van der Waals surface area contributed by atoms with Crippen LogP contribution < -0.4 is 5.32 Å². The van der Waals surface area contributed by atoms with Gasteiger partial charge in [0.15, 0.2) is 0 Å². The molecular formula is C17H17N3O. The molecule has 1 aromatic heterocycles. The van der Waals surface area contributed by atoms with Crippen LogP contribution in [-0.2, 0) is 6.54 Å². The molecule has 0 saturated heterocycles. The Morgan fingerprint density at radius 1 is 1.00 bits per heavy atom. The van der Waals surface area contributed by atoms with E-state index < -0.39 is 0 Å². The molecule has 4 nitrogen and oxygen atoms in total. The number of benzene rings is 2. The van der Waals surface area contributed by atoms with Crippen molar-refractivity contribution in [1.29, 1.82) is 0 Å². The quantitative estimate of drug-likeness (QED) is 0.673. The van der Waals surface area contributed by atoms with Crippen LogP contribution >= 0.6 is 0 Å². The average Bonchev–Trinajstić information content (AvgIpc) is 3.04. The van der Waals surface area contributed by atoms with Crippen LogP contribution in [0, 0.1) is 0 Å². The fourth-order valence-corrected chi connectivity index (χ4v) is 2.33. The minimum atomic E-state index is 0.0649. The Labute approximate surface area is 123 Å². The molecule has 4 heteroatoms. The summed E-state index contributed by atoms with van der Waals surface area (Å²) < 4.78 is 0. The van der Waals surface area contributed by atoms with Crippen molar-refractivity contribution in [3.63, 3.8) is 0 Å². The van der Waals surface area contributed by atoms with Crippen LogP contribution in [0.15, 0.2) is 67.1 Å². The molecule has 0 aliphatic rings. The number of aromatic amines is 1. The summed E-state index contributed by atoms with van der Waals surface area (Å²) in [7, 11) is 0. The van der Waals surface area contributed by atoms with E-state index in [4.69, 9.17) is 0 Å². The van der Waals surface area contributed by atoms with E-state index in [1.165, 1.54) is 5.56 Å². The molecule has 0 saturated carbocycles. The Hall–Kier alpha value is -2.59. The predicted octanol–water partition coefficient (Wildman–Crippen LogP) is 2.99. The highest BCUT2D eigenvalue weighted by Crippen LogP contribution is 2.24. The molecule has 0 aliphatic carbocycles. The summed E-state index contributed by atoms with van der Waals surface area (Å²) in [4.78, 5) is 7.12. The van der Waals surface area contributed by atoms with E-state index in [1.807, 2.05) is 36.5 Å². The zero-order chi connectivity index (χ0) is 14.5. The second-order valence-electron chi connectivity index (χ2n) is 4.89. The first-order valence-electron chi connectivity index (χ1n) is 6.87. The van der Waals surface area contributed by atoms with Gasteiger partial charge in [-0.2, -0.15) is 0 Å². The summed E-state index contributed by atoms with van der Waals surface area (Å²) in [6, 6.07) is 17.6. The van der Waals surface area contributed by atoms with Gasteiger partial charge in [0.25, 0.3) is 0 Å². The third-order valence-electron chi connectivity index (χ3n) is 3.41. The number of aromatic nitrogens is 2. The number of aromatic hydroxyl groups is 1. The van der Waals surface area contributed by atoms with Gasteiger partial charge in [0.1, 0.15) is 5.75 Å². The predicted molar refractivity (Wildman–Crippen MR) is 81.8 cm³/mol. The van der Waals surface area contributed by atoms with Gasteiger partial charge in [-0.1, -0.05) is 42.5 Å². The molecule has 0 aliphatic heterocycles. The van der Waals surface area contributed by atoms with Gasteiger partial charge in [-0.15, -0.1) is 0 Å². The van der Waals surface area contributed by atoms with E-state index in [2.05, 4.69) is 27.4 Å². The van der Waals surface area contributed by atoms with Gasteiger partial charge in [-0.3, -0.25) is 0 Å². The molecule has 106 valence electrons. The van der Waals surface area contributed by atoms with Crippen LogP contribution in [0.1, 0.15) is 22.9 Å². The van der Waals surface area contributed by atoms with E-state index in [0.29, 0.717) is 6.54 Å². The molecule has 3 N–H and O–H groups in total. The Morgan fingerprint density at radius 2 is 1.71 bits per heavy atom. The van der Waals surface area contributed by atoms with E-state index in [-0.39, 0.29) is 11.8 Å². The van der Waals surface area contributed by atoms with Crippen LogP contribution in [-0.4, -0.2) is 15.1 Å². The van der Waals surface area contributed by atoms with Crippen molar-refractivity contribution < 1.29 is 5.11 Å². The van der Waals surface area contributed by atoms with E-state index in [1.54, 1.807) is 18.5 Å². The van der Waals surface area contributed by atoms with Crippen molar-refractivity contribution in [2.24, 2.45) is 0 Å². The molecule has 0 spiro atoms. The maximum atomic E-state index is 9.46. The van der Waals surface area contributed by atoms with E-state index >= 15 is 0 Å². The minimum Gasteiger partial charge on any atom is -0.508 e. The van der Waals surface area contributed by atoms with Crippen LogP contribution in [0.2, 0.25) is 0 Å². The van der Waals surface area contributed by atoms with Gasteiger partial charge in [0.2, 0.25) is 0 Å².